The fraction of sp³-hybridized carbons (Fsp3) is 0.625. The van der Waals surface area contributed by atoms with E-state index in [1.54, 1.807) is 0 Å². The Bertz CT molecular complexity index is 321. The molecule has 1 atom stereocenters. The van der Waals surface area contributed by atoms with Crippen LogP contribution < -0.4 is 5.32 Å². The molecule has 98 valence electrons. The van der Waals surface area contributed by atoms with Crippen LogP contribution in [0.25, 0.3) is 0 Å². The number of amides is 1. The van der Waals surface area contributed by atoms with Crippen molar-refractivity contribution >= 4 is 5.91 Å². The highest BCUT2D eigenvalue weighted by Crippen LogP contribution is 2.21. The molecule has 0 aromatic rings. The molecule has 1 aliphatic heterocycles. The predicted molar refractivity (Wildman–Crippen MR) is 44.8 cm³/mol. The summed E-state index contributed by atoms with van der Waals surface area (Å²) >= 11 is 0. The van der Waals surface area contributed by atoms with E-state index in [0.717, 1.165) is 12.2 Å². The molecule has 9 heteroatoms. The molecule has 0 saturated heterocycles. The van der Waals surface area contributed by atoms with Gasteiger partial charge in [-0.3, -0.25) is 10.1 Å². The van der Waals surface area contributed by atoms with Gasteiger partial charge in [0.1, 0.15) is 12.7 Å². The summed E-state index contributed by atoms with van der Waals surface area (Å²) in [4.78, 5) is 11.3. The smallest absolute Gasteiger partial charge is 0.311 e. The van der Waals surface area contributed by atoms with E-state index in [1.807, 2.05) is 5.32 Å². The predicted octanol–water partition coefficient (Wildman–Crippen LogP) is 1.43. The number of alkyl halides is 6. The van der Waals surface area contributed by atoms with E-state index in [2.05, 4.69) is 0 Å². The number of hydrogen-bond donors (Lipinski definition) is 1. The monoisotopic (exact) mass is 262 g/mol. The summed E-state index contributed by atoms with van der Waals surface area (Å²) in [5, 5.41) is 1.82. The molecule has 1 unspecified atom stereocenters. The van der Waals surface area contributed by atoms with Crippen LogP contribution in [0.5, 0.6) is 0 Å². The van der Waals surface area contributed by atoms with Gasteiger partial charge >= 0.3 is 12.4 Å². The van der Waals surface area contributed by atoms with Crippen LogP contribution in [-0.4, -0.2) is 42.4 Å². The maximum atomic E-state index is 12.1. The minimum Gasteiger partial charge on any atom is -0.311 e. The van der Waals surface area contributed by atoms with Crippen molar-refractivity contribution in [2.24, 2.45) is 0 Å². The lowest BCUT2D eigenvalue weighted by atomic mass is 10.4. The van der Waals surface area contributed by atoms with Crippen molar-refractivity contribution in [3.05, 3.63) is 12.2 Å². The summed E-state index contributed by atoms with van der Waals surface area (Å²) in [7, 11) is 0. The van der Waals surface area contributed by atoms with Gasteiger partial charge in [-0.05, 0) is 6.08 Å². The zero-order valence-corrected chi connectivity index (χ0v) is 8.27. The second kappa shape index (κ2) is 4.55. The molecule has 0 aliphatic carbocycles. The molecular weight excluding hydrogens is 254 g/mol. The molecule has 0 radical (unpaired) electrons. The number of nitrogens with one attached hydrogen (secondary N) is 1. The van der Waals surface area contributed by atoms with Gasteiger partial charge in [0.05, 0.1) is 6.54 Å². The van der Waals surface area contributed by atoms with Gasteiger partial charge in [-0.25, -0.2) is 0 Å². The fourth-order valence-electron chi connectivity index (χ4n) is 1.28. The SMILES string of the molecule is O=C1C=CC(NCC(F)(F)F)N1CC(F)(F)F. The Labute approximate surface area is 92.1 Å². The zero-order valence-electron chi connectivity index (χ0n) is 8.27. The molecule has 1 N–H and O–H groups in total. The first kappa shape index (κ1) is 13.8. The summed E-state index contributed by atoms with van der Waals surface area (Å²) in [5.41, 5.74) is 0. The molecular formula is C8H8F6N2O. The van der Waals surface area contributed by atoms with Crippen LogP contribution in [0.2, 0.25) is 0 Å². The van der Waals surface area contributed by atoms with Gasteiger partial charge in [-0.15, -0.1) is 0 Å². The highest BCUT2D eigenvalue weighted by molar-refractivity contribution is 5.90. The molecule has 0 bridgehead atoms. The summed E-state index contributed by atoms with van der Waals surface area (Å²) < 4.78 is 71.7. The van der Waals surface area contributed by atoms with Gasteiger partial charge in [0.25, 0.3) is 0 Å². The molecule has 17 heavy (non-hydrogen) atoms. The lowest BCUT2D eigenvalue weighted by Gasteiger charge is -2.26. The van der Waals surface area contributed by atoms with Crippen LogP contribution in [0.3, 0.4) is 0 Å². The van der Waals surface area contributed by atoms with Crippen LogP contribution in [0.4, 0.5) is 26.3 Å². The quantitative estimate of drug-likeness (QED) is 0.780. The van der Waals surface area contributed by atoms with Crippen molar-refractivity contribution in [3.8, 4) is 0 Å². The molecule has 1 amide bonds. The molecule has 0 aromatic carbocycles. The second-order valence-electron chi connectivity index (χ2n) is 3.38. The van der Waals surface area contributed by atoms with Crippen molar-refractivity contribution in [1.82, 2.24) is 10.2 Å². The van der Waals surface area contributed by atoms with Crippen molar-refractivity contribution < 1.29 is 31.1 Å². The number of hydrogen-bond acceptors (Lipinski definition) is 2. The van der Waals surface area contributed by atoms with Crippen molar-refractivity contribution in [2.45, 2.75) is 18.5 Å². The topological polar surface area (TPSA) is 32.3 Å². The highest BCUT2D eigenvalue weighted by atomic mass is 19.4. The first-order valence-corrected chi connectivity index (χ1v) is 4.44. The maximum absolute atomic E-state index is 12.1. The normalized spacial score (nSPS) is 21.4. The van der Waals surface area contributed by atoms with E-state index in [4.69, 9.17) is 0 Å². The molecule has 0 fully saturated rings. The molecule has 0 aromatic heterocycles. The second-order valence-corrected chi connectivity index (χ2v) is 3.38. The lowest BCUT2D eigenvalue weighted by molar-refractivity contribution is -0.163. The van der Waals surface area contributed by atoms with E-state index in [9.17, 15) is 31.1 Å². The first-order chi connectivity index (χ1) is 7.58. The van der Waals surface area contributed by atoms with Gasteiger partial charge in [0.2, 0.25) is 5.91 Å². The number of carbonyl (C=O) groups excluding carboxylic acids is 1. The Morgan fingerprint density at radius 3 is 2.24 bits per heavy atom. The van der Waals surface area contributed by atoms with Gasteiger partial charge in [-0.1, -0.05) is 0 Å². The third-order valence-corrected chi connectivity index (χ3v) is 1.90. The van der Waals surface area contributed by atoms with Gasteiger partial charge in [0, 0.05) is 6.08 Å². The maximum Gasteiger partial charge on any atom is 0.406 e. The summed E-state index contributed by atoms with van der Waals surface area (Å²) in [6, 6.07) is 0. The fourth-order valence-corrected chi connectivity index (χ4v) is 1.28. The van der Waals surface area contributed by atoms with E-state index in [-0.39, 0.29) is 4.90 Å². The number of carbonyl (C=O) groups is 1. The van der Waals surface area contributed by atoms with E-state index in [0.29, 0.717) is 0 Å². The summed E-state index contributed by atoms with van der Waals surface area (Å²) in [5.74, 6) is -0.970. The van der Waals surface area contributed by atoms with Crippen molar-refractivity contribution in [3.63, 3.8) is 0 Å². The summed E-state index contributed by atoms with van der Waals surface area (Å²) in [6.07, 6.45) is -8.83. The Hall–Kier alpha value is -1.25. The molecule has 1 aliphatic rings. The first-order valence-electron chi connectivity index (χ1n) is 4.44. The lowest BCUT2D eigenvalue weighted by Crippen LogP contribution is -2.49. The third-order valence-electron chi connectivity index (χ3n) is 1.90. The Morgan fingerprint density at radius 1 is 1.18 bits per heavy atom. The zero-order chi connectivity index (χ0) is 13.3. The van der Waals surface area contributed by atoms with Crippen LogP contribution in [0.15, 0.2) is 12.2 Å². The Balaban J connectivity index is 2.59. The van der Waals surface area contributed by atoms with Crippen molar-refractivity contribution in [2.75, 3.05) is 13.1 Å². The minimum atomic E-state index is -4.65. The highest BCUT2D eigenvalue weighted by Gasteiger charge is 2.38. The van der Waals surface area contributed by atoms with Crippen LogP contribution in [0, 0.1) is 0 Å². The molecule has 1 heterocycles. The Morgan fingerprint density at radius 2 is 1.76 bits per heavy atom. The van der Waals surface area contributed by atoms with Crippen LogP contribution in [0.1, 0.15) is 0 Å². The van der Waals surface area contributed by atoms with Gasteiger partial charge in [-0.2, -0.15) is 26.3 Å². The number of rotatable bonds is 3. The number of halogens is 6. The number of nitrogens with zero attached hydrogens (tertiary/aromatic N) is 1. The molecule has 0 saturated carbocycles. The van der Waals surface area contributed by atoms with Gasteiger partial charge in [0.15, 0.2) is 0 Å². The standard InChI is InChI=1S/C8H8F6N2O/c9-7(10,11)3-15-5-1-2-6(17)16(5)4-8(12,13)14/h1-2,5,15H,3-4H2. The van der Waals surface area contributed by atoms with Crippen molar-refractivity contribution in [1.29, 1.82) is 0 Å². The Kier molecular flexibility index (Phi) is 3.70. The van der Waals surface area contributed by atoms with Gasteiger partial charge < -0.3 is 4.90 Å². The molecule has 1 rings (SSSR count). The minimum absolute atomic E-state index is 0.283. The summed E-state index contributed by atoms with van der Waals surface area (Å²) in [6.45, 7) is -3.06. The van der Waals surface area contributed by atoms with E-state index < -0.39 is 37.5 Å². The van der Waals surface area contributed by atoms with Crippen LogP contribution >= 0.6 is 0 Å². The molecule has 3 nitrogen and oxygen atoms in total. The average Bonchev–Trinajstić information content (AvgIpc) is 2.41. The largest absolute Gasteiger partial charge is 0.406 e. The van der Waals surface area contributed by atoms with Crippen LogP contribution in [-0.2, 0) is 4.79 Å². The average molecular weight is 262 g/mol. The van der Waals surface area contributed by atoms with E-state index >= 15 is 0 Å². The van der Waals surface area contributed by atoms with E-state index in [1.165, 1.54) is 0 Å². The molecule has 0 spiro atoms. The third kappa shape index (κ3) is 4.63.